The van der Waals surface area contributed by atoms with E-state index in [9.17, 15) is 4.79 Å². The van der Waals surface area contributed by atoms with Gasteiger partial charge in [-0.3, -0.25) is 4.90 Å². The van der Waals surface area contributed by atoms with Gasteiger partial charge < -0.3 is 15.8 Å². The Hall–Kier alpha value is -0.810. The van der Waals surface area contributed by atoms with Crippen molar-refractivity contribution in [1.82, 2.24) is 10.2 Å². The average molecular weight is 311 g/mol. The number of fused-ring (bicyclic) bond motifs is 1. The zero-order valence-electron chi connectivity index (χ0n) is 14.6. The maximum atomic E-state index is 12.0. The van der Waals surface area contributed by atoms with Gasteiger partial charge in [-0.05, 0) is 65.8 Å². The molecule has 0 spiro atoms. The number of amides is 1. The van der Waals surface area contributed by atoms with Crippen LogP contribution >= 0.6 is 0 Å². The summed E-state index contributed by atoms with van der Waals surface area (Å²) < 4.78 is 5.37. The van der Waals surface area contributed by atoms with E-state index in [1.807, 2.05) is 27.7 Å². The van der Waals surface area contributed by atoms with E-state index in [0.29, 0.717) is 12.6 Å². The maximum Gasteiger partial charge on any atom is 0.407 e. The van der Waals surface area contributed by atoms with E-state index < -0.39 is 5.60 Å². The fourth-order valence-electron chi connectivity index (χ4n) is 4.12. The first-order valence-electron chi connectivity index (χ1n) is 8.77. The van der Waals surface area contributed by atoms with Crippen LogP contribution in [-0.4, -0.2) is 47.8 Å². The highest BCUT2D eigenvalue weighted by Gasteiger charge is 2.39. The number of carbonyl (C=O) groups is 1. The minimum absolute atomic E-state index is 0.000741. The van der Waals surface area contributed by atoms with Gasteiger partial charge in [0.15, 0.2) is 0 Å². The van der Waals surface area contributed by atoms with Gasteiger partial charge in [0.2, 0.25) is 0 Å². The van der Waals surface area contributed by atoms with Crippen molar-refractivity contribution < 1.29 is 9.53 Å². The Balaban J connectivity index is 1.96. The van der Waals surface area contributed by atoms with E-state index in [1.165, 1.54) is 32.1 Å². The number of hydrogen-bond donors (Lipinski definition) is 2. The van der Waals surface area contributed by atoms with E-state index in [-0.39, 0.29) is 18.2 Å². The van der Waals surface area contributed by atoms with Crippen LogP contribution in [-0.2, 0) is 4.74 Å². The third-order valence-electron chi connectivity index (χ3n) is 5.03. The molecule has 0 aromatic heterocycles. The molecule has 2 fully saturated rings. The molecular formula is C17H33N3O2. The van der Waals surface area contributed by atoms with Gasteiger partial charge in [-0.1, -0.05) is 6.42 Å². The van der Waals surface area contributed by atoms with E-state index >= 15 is 0 Å². The van der Waals surface area contributed by atoms with Crippen LogP contribution in [0.15, 0.2) is 0 Å². The maximum absolute atomic E-state index is 12.0. The van der Waals surface area contributed by atoms with Gasteiger partial charge in [-0.2, -0.15) is 0 Å². The summed E-state index contributed by atoms with van der Waals surface area (Å²) in [5, 5.41) is 2.98. The topological polar surface area (TPSA) is 67.6 Å². The van der Waals surface area contributed by atoms with Gasteiger partial charge in [-0.15, -0.1) is 0 Å². The van der Waals surface area contributed by atoms with Crippen LogP contribution < -0.4 is 11.1 Å². The Bertz CT molecular complexity index is 381. The lowest BCUT2D eigenvalue weighted by molar-refractivity contribution is 0.0347. The van der Waals surface area contributed by atoms with Gasteiger partial charge in [0.05, 0.1) is 0 Å². The Morgan fingerprint density at radius 3 is 2.64 bits per heavy atom. The summed E-state index contributed by atoms with van der Waals surface area (Å²) in [5.74, 6) is 0.830. The monoisotopic (exact) mass is 311 g/mol. The van der Waals surface area contributed by atoms with Crippen molar-refractivity contribution in [2.75, 3.05) is 13.1 Å². The molecule has 4 unspecified atom stereocenters. The third-order valence-corrected chi connectivity index (χ3v) is 5.03. The lowest BCUT2D eigenvalue weighted by Crippen LogP contribution is -2.59. The minimum atomic E-state index is -0.469. The van der Waals surface area contributed by atoms with Crippen LogP contribution in [0.25, 0.3) is 0 Å². The Morgan fingerprint density at radius 2 is 2.00 bits per heavy atom. The minimum Gasteiger partial charge on any atom is -0.444 e. The smallest absolute Gasteiger partial charge is 0.407 e. The Kier molecular flexibility index (Phi) is 5.72. The lowest BCUT2D eigenvalue weighted by Gasteiger charge is -2.44. The first kappa shape index (κ1) is 17.5. The molecular weight excluding hydrogens is 278 g/mol. The molecule has 0 bridgehead atoms. The fraction of sp³-hybridized carbons (Fsp3) is 0.941. The molecule has 2 aliphatic rings. The number of hydrogen-bond acceptors (Lipinski definition) is 4. The van der Waals surface area contributed by atoms with Gasteiger partial charge in [0.25, 0.3) is 0 Å². The van der Waals surface area contributed by atoms with E-state index in [2.05, 4.69) is 10.2 Å². The molecule has 128 valence electrons. The quantitative estimate of drug-likeness (QED) is 0.837. The van der Waals surface area contributed by atoms with Crippen molar-refractivity contribution in [3.8, 4) is 0 Å². The second-order valence-electron chi connectivity index (χ2n) is 7.88. The average Bonchev–Trinajstić information content (AvgIpc) is 2.86. The summed E-state index contributed by atoms with van der Waals surface area (Å²) in [4.78, 5) is 14.6. The van der Waals surface area contributed by atoms with E-state index in [4.69, 9.17) is 10.5 Å². The van der Waals surface area contributed by atoms with E-state index in [1.54, 1.807) is 0 Å². The molecule has 3 N–H and O–H groups in total. The molecule has 2 rings (SSSR count). The molecule has 5 nitrogen and oxygen atoms in total. The molecule has 1 heterocycles. The number of nitrogens with one attached hydrogen (secondary N) is 1. The van der Waals surface area contributed by atoms with Crippen molar-refractivity contribution in [1.29, 1.82) is 0 Å². The predicted octanol–water partition coefficient (Wildman–Crippen LogP) is 2.49. The highest BCUT2D eigenvalue weighted by Crippen LogP contribution is 2.37. The van der Waals surface area contributed by atoms with Gasteiger partial charge >= 0.3 is 6.09 Å². The number of alkyl carbamates (subject to hydrolysis) is 1. The van der Waals surface area contributed by atoms with Crippen molar-refractivity contribution >= 4 is 6.09 Å². The van der Waals surface area contributed by atoms with Gasteiger partial charge in [0, 0.05) is 24.7 Å². The van der Waals surface area contributed by atoms with Crippen molar-refractivity contribution in [2.45, 2.75) is 83.5 Å². The lowest BCUT2D eigenvalue weighted by atomic mass is 9.89. The Morgan fingerprint density at radius 1 is 1.32 bits per heavy atom. The molecule has 1 saturated carbocycles. The molecule has 0 aromatic carbocycles. The first-order chi connectivity index (χ1) is 10.3. The van der Waals surface area contributed by atoms with Crippen molar-refractivity contribution in [3.63, 3.8) is 0 Å². The number of nitrogens with two attached hydrogens (primary N) is 1. The molecule has 1 amide bonds. The molecule has 0 aromatic rings. The Labute approximate surface area is 134 Å². The normalized spacial score (nSPS) is 28.8. The fourth-order valence-corrected chi connectivity index (χ4v) is 4.12. The van der Waals surface area contributed by atoms with Crippen LogP contribution in [0.1, 0.15) is 59.8 Å². The summed E-state index contributed by atoms with van der Waals surface area (Å²) >= 11 is 0. The van der Waals surface area contributed by atoms with Crippen molar-refractivity contribution in [3.05, 3.63) is 0 Å². The summed E-state index contributed by atoms with van der Waals surface area (Å²) in [7, 11) is 0. The molecule has 4 atom stereocenters. The van der Waals surface area contributed by atoms with Crippen LogP contribution in [0.4, 0.5) is 4.79 Å². The number of likely N-dealkylation sites (tertiary alicyclic amines) is 1. The highest BCUT2D eigenvalue weighted by atomic mass is 16.6. The van der Waals surface area contributed by atoms with Crippen LogP contribution in [0.2, 0.25) is 0 Å². The largest absolute Gasteiger partial charge is 0.444 e. The second-order valence-corrected chi connectivity index (χ2v) is 7.88. The van der Waals surface area contributed by atoms with Gasteiger partial charge in [-0.25, -0.2) is 4.79 Å². The number of rotatable bonds is 4. The first-order valence-corrected chi connectivity index (χ1v) is 8.77. The van der Waals surface area contributed by atoms with Gasteiger partial charge in [0.1, 0.15) is 5.60 Å². The molecule has 1 aliphatic heterocycles. The molecule has 1 aliphatic carbocycles. The van der Waals surface area contributed by atoms with E-state index in [0.717, 1.165) is 12.5 Å². The third kappa shape index (κ3) is 4.35. The zero-order valence-corrected chi connectivity index (χ0v) is 14.6. The summed E-state index contributed by atoms with van der Waals surface area (Å²) in [6, 6.07) is 0.850. The van der Waals surface area contributed by atoms with Crippen LogP contribution in [0.3, 0.4) is 0 Å². The molecule has 1 saturated heterocycles. The highest BCUT2D eigenvalue weighted by molar-refractivity contribution is 5.68. The summed E-state index contributed by atoms with van der Waals surface area (Å²) in [6.45, 7) is 9.35. The standard InChI is InChI=1S/C17H33N3O2/c1-12(19-16(21)22-17(2,3)4)15(11-18)20-10-6-8-13-7-5-9-14(13)20/h12-15H,5-11,18H2,1-4H3,(H,19,21). The molecule has 0 radical (unpaired) electrons. The number of carbonyl (C=O) groups excluding carboxylic acids is 1. The molecule has 22 heavy (non-hydrogen) atoms. The van der Waals surface area contributed by atoms with Crippen molar-refractivity contribution in [2.24, 2.45) is 11.7 Å². The summed E-state index contributed by atoms with van der Waals surface area (Å²) in [6.07, 6.45) is 6.21. The second kappa shape index (κ2) is 7.18. The summed E-state index contributed by atoms with van der Waals surface area (Å²) in [5.41, 5.74) is 5.59. The SMILES string of the molecule is CC(NC(=O)OC(C)(C)C)C(CN)N1CCCC2CCCC21. The predicted molar refractivity (Wildman–Crippen MR) is 88.7 cm³/mol. The van der Waals surface area contributed by atoms with Crippen LogP contribution in [0.5, 0.6) is 0 Å². The van der Waals surface area contributed by atoms with Crippen LogP contribution in [0, 0.1) is 5.92 Å². The number of ether oxygens (including phenoxy) is 1. The number of nitrogens with zero attached hydrogens (tertiary/aromatic N) is 1. The number of piperidine rings is 1. The molecule has 5 heteroatoms. The zero-order chi connectivity index (χ0) is 16.3.